The van der Waals surface area contributed by atoms with Gasteiger partial charge >= 0.3 is 0 Å². The second kappa shape index (κ2) is 4.80. The lowest BCUT2D eigenvalue weighted by molar-refractivity contribution is 1.12. The van der Waals surface area contributed by atoms with Gasteiger partial charge in [0, 0.05) is 11.4 Å². The van der Waals surface area contributed by atoms with E-state index in [1.165, 1.54) is 38.9 Å². The Bertz CT molecular complexity index is 602. The quantitative estimate of drug-likeness (QED) is 0.704. The zero-order valence-electron chi connectivity index (χ0n) is 13.1. The van der Waals surface area contributed by atoms with Crippen LogP contribution in [0.4, 0.5) is 0 Å². The van der Waals surface area contributed by atoms with Crippen molar-refractivity contribution in [3.05, 3.63) is 51.3 Å². The molecule has 0 atom stereocenters. The molecule has 0 aliphatic rings. The molecule has 0 spiro atoms. The van der Waals surface area contributed by atoms with E-state index in [1.54, 1.807) is 0 Å². The van der Waals surface area contributed by atoms with Gasteiger partial charge in [-0.3, -0.25) is 4.98 Å². The van der Waals surface area contributed by atoms with Gasteiger partial charge in [0.1, 0.15) is 0 Å². The molecular formula is C18H23N. The summed E-state index contributed by atoms with van der Waals surface area (Å²) in [5.41, 5.74) is 11.9. The number of pyridine rings is 1. The summed E-state index contributed by atoms with van der Waals surface area (Å²) in [5, 5.41) is 0. The molecule has 0 aliphatic carbocycles. The maximum atomic E-state index is 4.48. The molecule has 100 valence electrons. The Labute approximate surface area is 116 Å². The molecule has 0 N–H and O–H groups in total. The van der Waals surface area contributed by atoms with Crippen LogP contribution < -0.4 is 0 Å². The standard InChI is InChI=1S/C18H23N/c1-10-8-17(9-11(2)19-10)18-15(6)13(4)12(3)14(5)16(18)7/h8-9H,1-7H3. The molecule has 0 fully saturated rings. The highest BCUT2D eigenvalue weighted by Crippen LogP contribution is 2.34. The first-order valence-corrected chi connectivity index (χ1v) is 6.85. The molecule has 1 aromatic carbocycles. The lowest BCUT2D eigenvalue weighted by atomic mass is 9.86. The van der Waals surface area contributed by atoms with Gasteiger partial charge in [0.25, 0.3) is 0 Å². The summed E-state index contributed by atoms with van der Waals surface area (Å²) in [7, 11) is 0. The van der Waals surface area contributed by atoms with E-state index in [-0.39, 0.29) is 0 Å². The molecular weight excluding hydrogens is 230 g/mol. The topological polar surface area (TPSA) is 12.9 Å². The predicted octanol–water partition coefficient (Wildman–Crippen LogP) is 4.91. The number of aryl methyl sites for hydroxylation is 2. The molecule has 2 rings (SSSR count). The summed E-state index contributed by atoms with van der Waals surface area (Å²) in [4.78, 5) is 4.48. The SMILES string of the molecule is Cc1cc(-c2c(C)c(C)c(C)c(C)c2C)cc(C)n1. The molecule has 2 aromatic rings. The van der Waals surface area contributed by atoms with Gasteiger partial charge in [-0.1, -0.05) is 0 Å². The van der Waals surface area contributed by atoms with Crippen LogP contribution in [-0.2, 0) is 0 Å². The van der Waals surface area contributed by atoms with Gasteiger partial charge in [0.15, 0.2) is 0 Å². The van der Waals surface area contributed by atoms with Crippen LogP contribution in [0.5, 0.6) is 0 Å². The summed E-state index contributed by atoms with van der Waals surface area (Å²) in [6, 6.07) is 4.38. The Hall–Kier alpha value is -1.63. The summed E-state index contributed by atoms with van der Waals surface area (Å²) >= 11 is 0. The predicted molar refractivity (Wildman–Crippen MR) is 82.8 cm³/mol. The van der Waals surface area contributed by atoms with E-state index in [0.29, 0.717) is 0 Å². The van der Waals surface area contributed by atoms with Crippen LogP contribution in [0, 0.1) is 48.5 Å². The van der Waals surface area contributed by atoms with Crippen LogP contribution in [0.15, 0.2) is 12.1 Å². The molecule has 0 unspecified atom stereocenters. The Morgan fingerprint density at radius 1 is 0.579 bits per heavy atom. The molecule has 0 bridgehead atoms. The molecule has 1 nitrogen and oxygen atoms in total. The van der Waals surface area contributed by atoms with Gasteiger partial charge in [0.05, 0.1) is 0 Å². The van der Waals surface area contributed by atoms with Gasteiger partial charge in [0.2, 0.25) is 0 Å². The summed E-state index contributed by atoms with van der Waals surface area (Å²) in [6.45, 7) is 15.3. The fourth-order valence-corrected chi connectivity index (χ4v) is 2.91. The number of aromatic nitrogens is 1. The third-order valence-corrected chi connectivity index (χ3v) is 4.37. The lowest BCUT2D eigenvalue weighted by Crippen LogP contribution is -2.00. The van der Waals surface area contributed by atoms with Crippen molar-refractivity contribution in [2.75, 3.05) is 0 Å². The van der Waals surface area contributed by atoms with Crippen LogP contribution in [-0.4, -0.2) is 4.98 Å². The van der Waals surface area contributed by atoms with Crippen molar-refractivity contribution in [1.29, 1.82) is 0 Å². The van der Waals surface area contributed by atoms with Gasteiger partial charge in [-0.15, -0.1) is 0 Å². The highest BCUT2D eigenvalue weighted by Gasteiger charge is 2.14. The second-order valence-electron chi connectivity index (χ2n) is 5.64. The molecule has 0 saturated heterocycles. The largest absolute Gasteiger partial charge is 0.258 e. The number of hydrogen-bond donors (Lipinski definition) is 0. The minimum atomic E-state index is 1.09. The molecule has 1 heterocycles. The molecule has 1 aromatic heterocycles. The van der Waals surface area contributed by atoms with Gasteiger partial charge in [-0.25, -0.2) is 0 Å². The van der Waals surface area contributed by atoms with E-state index in [4.69, 9.17) is 0 Å². The molecule has 0 saturated carbocycles. The maximum absolute atomic E-state index is 4.48. The summed E-state index contributed by atoms with van der Waals surface area (Å²) in [5.74, 6) is 0. The zero-order chi connectivity index (χ0) is 14.3. The van der Waals surface area contributed by atoms with Crippen LogP contribution in [0.3, 0.4) is 0 Å². The smallest absolute Gasteiger partial charge is 0.0382 e. The van der Waals surface area contributed by atoms with Crippen molar-refractivity contribution in [3.63, 3.8) is 0 Å². The molecule has 0 aliphatic heterocycles. The van der Waals surface area contributed by atoms with E-state index >= 15 is 0 Å². The normalized spacial score (nSPS) is 10.9. The van der Waals surface area contributed by atoms with Crippen LogP contribution in [0.2, 0.25) is 0 Å². The van der Waals surface area contributed by atoms with Crippen molar-refractivity contribution in [2.45, 2.75) is 48.5 Å². The molecule has 19 heavy (non-hydrogen) atoms. The lowest BCUT2D eigenvalue weighted by Gasteiger charge is -2.19. The monoisotopic (exact) mass is 253 g/mol. The minimum Gasteiger partial charge on any atom is -0.258 e. The van der Waals surface area contributed by atoms with Gasteiger partial charge in [-0.05, 0) is 99.5 Å². The summed E-state index contributed by atoms with van der Waals surface area (Å²) < 4.78 is 0. The number of nitrogens with zero attached hydrogens (tertiary/aromatic N) is 1. The maximum Gasteiger partial charge on any atom is 0.0382 e. The zero-order valence-corrected chi connectivity index (χ0v) is 13.1. The number of rotatable bonds is 1. The Morgan fingerprint density at radius 3 is 1.37 bits per heavy atom. The van der Waals surface area contributed by atoms with Crippen LogP contribution in [0.25, 0.3) is 11.1 Å². The molecule has 1 heteroatoms. The van der Waals surface area contributed by atoms with Crippen molar-refractivity contribution in [3.8, 4) is 11.1 Å². The fraction of sp³-hybridized carbons (Fsp3) is 0.389. The summed E-state index contributed by atoms with van der Waals surface area (Å²) in [6.07, 6.45) is 0. The Balaban J connectivity index is 2.82. The number of hydrogen-bond acceptors (Lipinski definition) is 1. The molecule has 0 amide bonds. The Kier molecular flexibility index (Phi) is 3.49. The van der Waals surface area contributed by atoms with E-state index in [2.05, 4.69) is 65.6 Å². The Morgan fingerprint density at radius 2 is 0.947 bits per heavy atom. The van der Waals surface area contributed by atoms with E-state index in [1.807, 2.05) is 0 Å². The highest BCUT2D eigenvalue weighted by atomic mass is 14.7. The van der Waals surface area contributed by atoms with E-state index in [9.17, 15) is 0 Å². The first kappa shape index (κ1) is 13.8. The van der Waals surface area contributed by atoms with Crippen LogP contribution in [0.1, 0.15) is 39.2 Å². The minimum absolute atomic E-state index is 1.09. The van der Waals surface area contributed by atoms with Crippen LogP contribution >= 0.6 is 0 Å². The van der Waals surface area contributed by atoms with Crippen molar-refractivity contribution < 1.29 is 0 Å². The third kappa shape index (κ3) is 2.30. The number of benzene rings is 1. The second-order valence-corrected chi connectivity index (χ2v) is 5.64. The van der Waals surface area contributed by atoms with Crippen molar-refractivity contribution in [2.24, 2.45) is 0 Å². The first-order valence-electron chi connectivity index (χ1n) is 6.85. The van der Waals surface area contributed by atoms with Gasteiger partial charge < -0.3 is 0 Å². The van der Waals surface area contributed by atoms with E-state index < -0.39 is 0 Å². The average Bonchev–Trinajstić information content (AvgIpc) is 2.33. The molecule has 0 radical (unpaired) electrons. The fourth-order valence-electron chi connectivity index (χ4n) is 2.91. The van der Waals surface area contributed by atoms with Crippen molar-refractivity contribution in [1.82, 2.24) is 4.98 Å². The first-order chi connectivity index (χ1) is 8.82. The van der Waals surface area contributed by atoms with E-state index in [0.717, 1.165) is 11.4 Å². The average molecular weight is 253 g/mol. The van der Waals surface area contributed by atoms with Crippen molar-refractivity contribution >= 4 is 0 Å². The van der Waals surface area contributed by atoms with Gasteiger partial charge in [-0.2, -0.15) is 0 Å². The third-order valence-electron chi connectivity index (χ3n) is 4.37. The highest BCUT2D eigenvalue weighted by molar-refractivity contribution is 5.75.